The van der Waals surface area contributed by atoms with Crippen molar-refractivity contribution >= 4 is 21.6 Å². The molecule has 6 nitrogen and oxygen atoms in total. The summed E-state index contributed by atoms with van der Waals surface area (Å²) < 4.78 is 27.8. The number of aliphatic hydroxyl groups excluding tert-OH is 1. The first-order valence-electron chi connectivity index (χ1n) is 7.97. The summed E-state index contributed by atoms with van der Waals surface area (Å²) in [5.74, 6) is -0.0604. The van der Waals surface area contributed by atoms with Crippen molar-refractivity contribution in [2.24, 2.45) is 0 Å². The molecule has 0 saturated heterocycles. The molecule has 1 aliphatic rings. The summed E-state index contributed by atoms with van der Waals surface area (Å²) in [6.45, 7) is -0.305. The Hall–Kier alpha value is -2.22. The van der Waals surface area contributed by atoms with Crippen molar-refractivity contribution in [2.75, 3.05) is 18.6 Å². The third kappa shape index (κ3) is 3.73. The molecule has 2 aromatic carbocycles. The predicted octanol–water partition coefficient (Wildman–Crippen LogP) is 1.09. The van der Waals surface area contributed by atoms with Crippen LogP contribution in [0, 0.1) is 0 Å². The number of sulfonamides is 1. The summed E-state index contributed by atoms with van der Waals surface area (Å²) in [6, 6.07) is 13.4. The molecule has 0 bridgehead atoms. The molecule has 3 rings (SSSR count). The van der Waals surface area contributed by atoms with E-state index >= 15 is 0 Å². The molecular weight excluding hydrogens is 340 g/mol. The maximum atomic E-state index is 12.6. The van der Waals surface area contributed by atoms with Crippen LogP contribution in [0.2, 0.25) is 0 Å². The number of fused-ring (bicyclic) bond motifs is 1. The molecule has 0 fully saturated rings. The SMILES string of the molecule is CN1C(=O)Cc2cc(S(=O)(=O)NC(CO)Cc3ccccc3)ccc21. The Bertz CT molecular complexity index is 881. The Morgan fingerprint density at radius 2 is 1.92 bits per heavy atom. The third-order valence-electron chi connectivity index (χ3n) is 4.31. The van der Waals surface area contributed by atoms with E-state index in [1.807, 2.05) is 30.3 Å². The fourth-order valence-corrected chi connectivity index (χ4v) is 4.22. The number of carbonyl (C=O) groups is 1. The normalized spacial score (nSPS) is 15.3. The van der Waals surface area contributed by atoms with Crippen LogP contribution in [0.3, 0.4) is 0 Å². The predicted molar refractivity (Wildman–Crippen MR) is 94.9 cm³/mol. The number of likely N-dealkylation sites (N-methyl/N-ethyl adjacent to an activating group) is 1. The van der Waals surface area contributed by atoms with E-state index in [0.717, 1.165) is 11.3 Å². The Morgan fingerprint density at radius 3 is 2.60 bits per heavy atom. The molecule has 1 amide bonds. The van der Waals surface area contributed by atoms with Gasteiger partial charge in [-0.15, -0.1) is 0 Å². The Labute approximate surface area is 147 Å². The lowest BCUT2D eigenvalue weighted by Crippen LogP contribution is -2.39. The van der Waals surface area contributed by atoms with Crippen molar-refractivity contribution in [1.29, 1.82) is 0 Å². The number of hydrogen-bond donors (Lipinski definition) is 2. The Kier molecular flexibility index (Phi) is 4.89. The van der Waals surface area contributed by atoms with E-state index in [-0.39, 0.29) is 23.8 Å². The van der Waals surface area contributed by atoms with Crippen LogP contribution in [0.15, 0.2) is 53.4 Å². The Morgan fingerprint density at radius 1 is 1.20 bits per heavy atom. The van der Waals surface area contributed by atoms with Crippen molar-refractivity contribution in [3.05, 3.63) is 59.7 Å². The van der Waals surface area contributed by atoms with E-state index in [1.165, 1.54) is 17.0 Å². The molecular formula is C18H20N2O4S. The van der Waals surface area contributed by atoms with Crippen molar-refractivity contribution in [3.8, 4) is 0 Å². The molecule has 0 aliphatic carbocycles. The minimum absolute atomic E-state index is 0.0604. The van der Waals surface area contributed by atoms with Gasteiger partial charge < -0.3 is 10.0 Å². The first kappa shape index (κ1) is 17.6. The number of nitrogens with zero attached hydrogens (tertiary/aromatic N) is 1. The number of benzene rings is 2. The zero-order chi connectivity index (χ0) is 18.0. The lowest BCUT2D eigenvalue weighted by molar-refractivity contribution is -0.117. The highest BCUT2D eigenvalue weighted by Crippen LogP contribution is 2.29. The van der Waals surface area contributed by atoms with Gasteiger partial charge in [0.25, 0.3) is 0 Å². The maximum Gasteiger partial charge on any atom is 0.240 e. The quantitative estimate of drug-likeness (QED) is 0.807. The van der Waals surface area contributed by atoms with Gasteiger partial charge in [-0.25, -0.2) is 13.1 Å². The highest BCUT2D eigenvalue weighted by molar-refractivity contribution is 7.89. The smallest absolute Gasteiger partial charge is 0.240 e. The number of hydrogen-bond acceptors (Lipinski definition) is 4. The first-order chi connectivity index (χ1) is 11.9. The topological polar surface area (TPSA) is 86.7 Å². The van der Waals surface area contributed by atoms with Gasteiger partial charge in [-0.1, -0.05) is 30.3 Å². The van der Waals surface area contributed by atoms with Gasteiger partial charge in [-0.05, 0) is 35.7 Å². The minimum Gasteiger partial charge on any atom is -0.395 e. The zero-order valence-electron chi connectivity index (χ0n) is 13.8. The average molecular weight is 360 g/mol. The fourth-order valence-electron chi connectivity index (χ4n) is 2.94. The molecule has 2 N–H and O–H groups in total. The number of nitrogens with one attached hydrogen (secondary N) is 1. The Balaban J connectivity index is 1.79. The summed E-state index contributed by atoms with van der Waals surface area (Å²) in [6.07, 6.45) is 0.589. The second kappa shape index (κ2) is 6.95. The molecule has 0 spiro atoms. The molecule has 2 aromatic rings. The van der Waals surface area contributed by atoms with Crippen molar-refractivity contribution in [1.82, 2.24) is 4.72 Å². The summed E-state index contributed by atoms with van der Waals surface area (Å²) in [5, 5.41) is 9.54. The van der Waals surface area contributed by atoms with Crippen LogP contribution in [-0.2, 0) is 27.7 Å². The molecule has 7 heteroatoms. The number of carbonyl (C=O) groups excluding carboxylic acids is 1. The molecule has 0 radical (unpaired) electrons. The van der Waals surface area contributed by atoms with Crippen LogP contribution in [0.5, 0.6) is 0 Å². The summed E-state index contributed by atoms with van der Waals surface area (Å²) in [4.78, 5) is 13.4. The van der Waals surface area contributed by atoms with Crippen LogP contribution in [0.4, 0.5) is 5.69 Å². The van der Waals surface area contributed by atoms with Gasteiger partial charge >= 0.3 is 0 Å². The van der Waals surface area contributed by atoms with Gasteiger partial charge in [0.1, 0.15) is 0 Å². The van der Waals surface area contributed by atoms with Crippen LogP contribution in [0.1, 0.15) is 11.1 Å². The van der Waals surface area contributed by atoms with Crippen LogP contribution in [0.25, 0.3) is 0 Å². The molecule has 1 unspecified atom stereocenters. The van der Waals surface area contributed by atoms with Crippen LogP contribution in [-0.4, -0.2) is 39.1 Å². The lowest BCUT2D eigenvalue weighted by atomic mass is 10.1. The van der Waals surface area contributed by atoms with E-state index in [9.17, 15) is 18.3 Å². The molecule has 132 valence electrons. The molecule has 1 atom stereocenters. The molecule has 0 saturated carbocycles. The van der Waals surface area contributed by atoms with Crippen LogP contribution >= 0.6 is 0 Å². The van der Waals surface area contributed by atoms with E-state index in [0.29, 0.717) is 12.0 Å². The first-order valence-corrected chi connectivity index (χ1v) is 9.45. The maximum absolute atomic E-state index is 12.6. The second-order valence-corrected chi connectivity index (χ2v) is 7.82. The molecule has 0 aromatic heterocycles. The van der Waals surface area contributed by atoms with Crippen LogP contribution < -0.4 is 9.62 Å². The average Bonchev–Trinajstić information content (AvgIpc) is 2.89. The van der Waals surface area contributed by atoms with Gasteiger partial charge in [-0.3, -0.25) is 4.79 Å². The number of rotatable bonds is 6. The molecule has 25 heavy (non-hydrogen) atoms. The van der Waals surface area contributed by atoms with E-state index < -0.39 is 16.1 Å². The van der Waals surface area contributed by atoms with Gasteiger partial charge in [-0.2, -0.15) is 0 Å². The van der Waals surface area contributed by atoms with Crippen molar-refractivity contribution in [2.45, 2.75) is 23.8 Å². The van der Waals surface area contributed by atoms with Gasteiger partial charge in [0, 0.05) is 18.8 Å². The highest BCUT2D eigenvalue weighted by atomic mass is 32.2. The van der Waals surface area contributed by atoms with E-state index in [2.05, 4.69) is 4.72 Å². The molecule has 1 heterocycles. The number of aliphatic hydroxyl groups is 1. The van der Waals surface area contributed by atoms with Gasteiger partial charge in [0.05, 0.1) is 17.9 Å². The fraction of sp³-hybridized carbons (Fsp3) is 0.278. The van der Waals surface area contributed by atoms with E-state index in [1.54, 1.807) is 13.1 Å². The van der Waals surface area contributed by atoms with Crippen molar-refractivity contribution in [3.63, 3.8) is 0 Å². The largest absolute Gasteiger partial charge is 0.395 e. The van der Waals surface area contributed by atoms with E-state index in [4.69, 9.17) is 0 Å². The standard InChI is InChI=1S/C18H20N2O4S/c1-20-17-8-7-16(10-14(17)11-18(20)22)25(23,24)19-15(12-21)9-13-5-3-2-4-6-13/h2-8,10,15,19,21H,9,11-12H2,1H3. The second-order valence-electron chi connectivity index (χ2n) is 6.11. The van der Waals surface area contributed by atoms with Gasteiger partial charge in [0.15, 0.2) is 0 Å². The van der Waals surface area contributed by atoms with Crippen molar-refractivity contribution < 1.29 is 18.3 Å². The number of amides is 1. The lowest BCUT2D eigenvalue weighted by Gasteiger charge is -2.17. The summed E-state index contributed by atoms with van der Waals surface area (Å²) in [7, 11) is -2.12. The summed E-state index contributed by atoms with van der Waals surface area (Å²) >= 11 is 0. The highest BCUT2D eigenvalue weighted by Gasteiger charge is 2.27. The summed E-state index contributed by atoms with van der Waals surface area (Å²) in [5.41, 5.74) is 2.36. The molecule has 1 aliphatic heterocycles. The third-order valence-corrected chi connectivity index (χ3v) is 5.82. The van der Waals surface area contributed by atoms with Gasteiger partial charge in [0.2, 0.25) is 15.9 Å². The zero-order valence-corrected chi connectivity index (χ0v) is 14.7. The monoisotopic (exact) mass is 360 g/mol. The number of anilines is 1. The minimum atomic E-state index is -3.79.